The normalized spacial score (nSPS) is 12.6. The lowest BCUT2D eigenvalue weighted by Crippen LogP contribution is -2.02. The highest BCUT2D eigenvalue weighted by Crippen LogP contribution is 2.06. The average Bonchev–Trinajstić information content (AvgIpc) is 1.88. The minimum absolute atomic E-state index is 0.178. The van der Waals surface area contributed by atoms with Crippen molar-refractivity contribution < 1.29 is 4.79 Å². The Bertz CT molecular complexity index is 90.9. The molecule has 0 aliphatic rings. The molecule has 0 bridgehead atoms. The Morgan fingerprint density at radius 1 is 1.78 bits per heavy atom. The zero-order valence-corrected chi connectivity index (χ0v) is 6.49. The second-order valence-corrected chi connectivity index (χ2v) is 2.79. The Morgan fingerprint density at radius 3 is 2.78 bits per heavy atom. The Labute approximate surface area is 60.5 Å². The third-order valence-corrected chi connectivity index (χ3v) is 1.80. The van der Waals surface area contributed by atoms with E-state index in [9.17, 15) is 4.79 Å². The maximum absolute atomic E-state index is 10.2. The van der Waals surface area contributed by atoms with Crippen LogP contribution in [-0.4, -0.2) is 18.3 Å². The van der Waals surface area contributed by atoms with Crippen molar-refractivity contribution in [2.75, 3.05) is 12.0 Å². The van der Waals surface area contributed by atoms with Gasteiger partial charge in [0.2, 0.25) is 0 Å². The predicted octanol–water partition coefficient (Wildman–Crippen LogP) is 1.74. The minimum Gasteiger partial charge on any atom is -0.303 e. The Hall–Kier alpha value is -0.240. The summed E-state index contributed by atoms with van der Waals surface area (Å²) in [6, 6.07) is 0. The average molecular weight is 144 g/mol. The molecule has 0 aromatic heterocycles. The molecule has 0 saturated heterocycles. The van der Waals surface area contributed by atoms with Crippen LogP contribution in [0.5, 0.6) is 0 Å². The van der Waals surface area contributed by atoms with Gasteiger partial charge in [-0.15, -0.1) is 6.58 Å². The van der Waals surface area contributed by atoms with Crippen molar-refractivity contribution in [1.82, 2.24) is 0 Å². The number of thioether (sulfide) groups is 1. The molecule has 9 heavy (non-hydrogen) atoms. The Balaban J connectivity index is 3.40. The van der Waals surface area contributed by atoms with Crippen LogP contribution >= 0.6 is 11.8 Å². The van der Waals surface area contributed by atoms with Gasteiger partial charge in [-0.2, -0.15) is 11.8 Å². The van der Waals surface area contributed by atoms with Gasteiger partial charge in [0, 0.05) is 11.7 Å². The highest BCUT2D eigenvalue weighted by atomic mass is 32.2. The number of allylic oxidation sites excluding steroid dienone is 1. The molecule has 2 heteroatoms. The largest absolute Gasteiger partial charge is 0.303 e. The van der Waals surface area contributed by atoms with Crippen LogP contribution in [-0.2, 0) is 4.79 Å². The van der Waals surface area contributed by atoms with Gasteiger partial charge in [0.15, 0.2) is 0 Å². The summed E-state index contributed by atoms with van der Waals surface area (Å²) in [4.78, 5) is 10.2. The number of aldehydes is 1. The fraction of sp³-hybridized carbons (Fsp3) is 0.571. The summed E-state index contributed by atoms with van der Waals surface area (Å²) in [7, 11) is 0. The van der Waals surface area contributed by atoms with Gasteiger partial charge in [-0.1, -0.05) is 6.08 Å². The number of rotatable bonds is 5. The maximum Gasteiger partial charge on any atom is 0.124 e. The van der Waals surface area contributed by atoms with E-state index in [2.05, 4.69) is 6.58 Å². The van der Waals surface area contributed by atoms with Crippen LogP contribution in [0.15, 0.2) is 12.7 Å². The molecule has 0 fully saturated rings. The van der Waals surface area contributed by atoms with E-state index in [4.69, 9.17) is 0 Å². The van der Waals surface area contributed by atoms with Crippen molar-refractivity contribution in [1.29, 1.82) is 0 Å². The van der Waals surface area contributed by atoms with E-state index in [0.717, 1.165) is 18.5 Å². The summed E-state index contributed by atoms with van der Waals surface area (Å²) < 4.78 is 0. The fourth-order valence-corrected chi connectivity index (χ4v) is 1.23. The molecule has 0 aliphatic carbocycles. The van der Waals surface area contributed by atoms with E-state index in [1.807, 2.05) is 6.26 Å². The summed E-state index contributed by atoms with van der Waals surface area (Å²) in [6.45, 7) is 3.56. The summed E-state index contributed by atoms with van der Waals surface area (Å²) in [5.74, 6) is 1.09. The minimum atomic E-state index is 0.178. The van der Waals surface area contributed by atoms with Gasteiger partial charge in [0.25, 0.3) is 0 Å². The van der Waals surface area contributed by atoms with Crippen molar-refractivity contribution in [3.8, 4) is 0 Å². The van der Waals surface area contributed by atoms with E-state index in [1.54, 1.807) is 17.8 Å². The molecule has 0 aromatic carbocycles. The van der Waals surface area contributed by atoms with Crippen molar-refractivity contribution in [3.63, 3.8) is 0 Å². The molecule has 1 atom stereocenters. The predicted molar refractivity (Wildman–Crippen MR) is 42.8 cm³/mol. The first-order valence-corrected chi connectivity index (χ1v) is 4.29. The van der Waals surface area contributed by atoms with Gasteiger partial charge < -0.3 is 4.79 Å². The van der Waals surface area contributed by atoms with Crippen LogP contribution in [0.2, 0.25) is 0 Å². The molecule has 1 nitrogen and oxygen atoms in total. The van der Waals surface area contributed by atoms with Crippen LogP contribution in [0, 0.1) is 5.92 Å². The first-order chi connectivity index (χ1) is 4.35. The summed E-state index contributed by atoms with van der Waals surface area (Å²) in [6.07, 6.45) is 5.59. The van der Waals surface area contributed by atoms with Gasteiger partial charge in [0.1, 0.15) is 6.29 Å². The maximum atomic E-state index is 10.2. The molecule has 52 valence electrons. The molecule has 0 amide bonds. The summed E-state index contributed by atoms with van der Waals surface area (Å²) in [5, 5.41) is 0. The molecule has 0 aromatic rings. The Morgan fingerprint density at radius 2 is 2.44 bits per heavy atom. The molecule has 0 radical (unpaired) electrons. The van der Waals surface area contributed by atoms with Crippen molar-refractivity contribution in [2.24, 2.45) is 5.92 Å². The lowest BCUT2D eigenvalue weighted by Gasteiger charge is -2.01. The Kier molecular flexibility index (Phi) is 5.73. The highest BCUT2D eigenvalue weighted by molar-refractivity contribution is 7.98. The van der Waals surface area contributed by atoms with Gasteiger partial charge in [-0.3, -0.25) is 0 Å². The number of carbonyl (C=O) groups is 1. The van der Waals surface area contributed by atoms with Gasteiger partial charge in [-0.05, 0) is 12.7 Å². The molecule has 1 unspecified atom stereocenters. The van der Waals surface area contributed by atoms with Gasteiger partial charge >= 0.3 is 0 Å². The van der Waals surface area contributed by atoms with E-state index in [1.165, 1.54) is 0 Å². The molecule has 0 aliphatic heterocycles. The summed E-state index contributed by atoms with van der Waals surface area (Å²) in [5.41, 5.74) is 0. The fourth-order valence-electron chi connectivity index (χ4n) is 0.591. The molecular weight excluding hydrogens is 132 g/mol. The third-order valence-electron chi connectivity index (χ3n) is 1.04. The third kappa shape index (κ3) is 4.28. The highest BCUT2D eigenvalue weighted by Gasteiger charge is 2.01. The topological polar surface area (TPSA) is 17.1 Å². The lowest BCUT2D eigenvalue weighted by atomic mass is 10.1. The van der Waals surface area contributed by atoms with E-state index < -0.39 is 0 Å². The zero-order valence-electron chi connectivity index (χ0n) is 5.67. The van der Waals surface area contributed by atoms with E-state index in [-0.39, 0.29) is 5.92 Å². The zero-order chi connectivity index (χ0) is 7.11. The number of hydrogen-bond donors (Lipinski definition) is 0. The van der Waals surface area contributed by atoms with Gasteiger partial charge in [0.05, 0.1) is 0 Å². The first-order valence-electron chi connectivity index (χ1n) is 2.90. The molecular formula is C7H12OS. The SMILES string of the molecule is C=CCC(C=O)CSC. The number of hydrogen-bond acceptors (Lipinski definition) is 2. The van der Waals surface area contributed by atoms with Crippen molar-refractivity contribution >= 4 is 18.0 Å². The van der Waals surface area contributed by atoms with E-state index in [0.29, 0.717) is 0 Å². The van der Waals surface area contributed by atoms with Gasteiger partial charge in [-0.25, -0.2) is 0 Å². The lowest BCUT2D eigenvalue weighted by molar-refractivity contribution is -0.110. The van der Waals surface area contributed by atoms with Crippen LogP contribution in [0.1, 0.15) is 6.42 Å². The van der Waals surface area contributed by atoms with Crippen LogP contribution in [0.4, 0.5) is 0 Å². The second-order valence-electron chi connectivity index (χ2n) is 1.88. The summed E-state index contributed by atoms with van der Waals surface area (Å²) >= 11 is 1.70. The standard InChI is InChI=1S/C7H12OS/c1-3-4-7(5-8)6-9-2/h3,5,7H,1,4,6H2,2H3. The first kappa shape index (κ1) is 8.76. The molecule has 0 saturated carbocycles. The van der Waals surface area contributed by atoms with Crippen molar-refractivity contribution in [3.05, 3.63) is 12.7 Å². The molecule has 0 rings (SSSR count). The second kappa shape index (κ2) is 5.89. The molecule has 0 heterocycles. The molecule has 0 spiro atoms. The van der Waals surface area contributed by atoms with Crippen molar-refractivity contribution in [2.45, 2.75) is 6.42 Å². The van der Waals surface area contributed by atoms with E-state index >= 15 is 0 Å². The van der Waals surface area contributed by atoms with Crippen LogP contribution < -0.4 is 0 Å². The monoisotopic (exact) mass is 144 g/mol. The smallest absolute Gasteiger partial charge is 0.124 e. The number of carbonyl (C=O) groups excluding carboxylic acids is 1. The molecule has 0 N–H and O–H groups in total. The quantitative estimate of drug-likeness (QED) is 0.432. The van der Waals surface area contributed by atoms with Crippen LogP contribution in [0.25, 0.3) is 0 Å². The van der Waals surface area contributed by atoms with Crippen LogP contribution in [0.3, 0.4) is 0 Å².